The minimum absolute atomic E-state index is 0.114. The number of rotatable bonds is 6. The van der Waals surface area contributed by atoms with Gasteiger partial charge in [0, 0.05) is 12.1 Å². The van der Waals surface area contributed by atoms with Crippen molar-refractivity contribution < 1.29 is 4.79 Å². The summed E-state index contributed by atoms with van der Waals surface area (Å²) in [5.74, 6) is -0.114. The van der Waals surface area contributed by atoms with Gasteiger partial charge < -0.3 is 5.32 Å². The lowest BCUT2D eigenvalue weighted by atomic mass is 10.0. The van der Waals surface area contributed by atoms with E-state index in [0.29, 0.717) is 13.0 Å². The molecule has 2 aromatic heterocycles. The van der Waals surface area contributed by atoms with Gasteiger partial charge in [-0.1, -0.05) is 36.8 Å². The Bertz CT molecular complexity index is 873. The summed E-state index contributed by atoms with van der Waals surface area (Å²) in [6.07, 6.45) is 7.68. The van der Waals surface area contributed by atoms with E-state index in [4.69, 9.17) is 0 Å². The molecule has 140 valence electrons. The van der Waals surface area contributed by atoms with Gasteiger partial charge >= 0.3 is 0 Å². The van der Waals surface area contributed by atoms with Crippen LogP contribution in [0.3, 0.4) is 0 Å². The maximum Gasteiger partial charge on any atom is 0.245 e. The molecule has 0 aliphatic heterocycles. The van der Waals surface area contributed by atoms with Crippen molar-refractivity contribution in [3.63, 3.8) is 0 Å². The zero-order chi connectivity index (χ0) is 18.5. The van der Waals surface area contributed by atoms with Gasteiger partial charge in [-0.15, -0.1) is 5.10 Å². The second-order valence-electron chi connectivity index (χ2n) is 6.90. The van der Waals surface area contributed by atoms with Gasteiger partial charge in [0.05, 0.1) is 12.2 Å². The van der Waals surface area contributed by atoms with Gasteiger partial charge in [-0.2, -0.15) is 5.10 Å². The molecule has 0 fully saturated rings. The zero-order valence-corrected chi connectivity index (χ0v) is 15.1. The van der Waals surface area contributed by atoms with E-state index < -0.39 is 6.04 Å². The van der Waals surface area contributed by atoms with E-state index in [1.54, 1.807) is 0 Å². The van der Waals surface area contributed by atoms with Gasteiger partial charge in [0.25, 0.3) is 0 Å². The molecule has 3 aromatic rings. The van der Waals surface area contributed by atoms with Crippen LogP contribution in [0.25, 0.3) is 0 Å². The summed E-state index contributed by atoms with van der Waals surface area (Å²) in [6.45, 7) is 0.415. The van der Waals surface area contributed by atoms with Gasteiger partial charge in [-0.25, -0.2) is 4.68 Å². The van der Waals surface area contributed by atoms with Crippen molar-refractivity contribution in [3.05, 3.63) is 59.2 Å². The first-order chi connectivity index (χ1) is 13.3. The molecule has 0 bridgehead atoms. The van der Waals surface area contributed by atoms with E-state index in [9.17, 15) is 4.79 Å². The Labute approximate surface area is 157 Å². The minimum Gasteiger partial charge on any atom is -0.348 e. The first-order valence-corrected chi connectivity index (χ1v) is 9.40. The molecule has 2 heterocycles. The van der Waals surface area contributed by atoms with Crippen LogP contribution >= 0.6 is 0 Å². The largest absolute Gasteiger partial charge is 0.348 e. The lowest BCUT2D eigenvalue weighted by Crippen LogP contribution is -2.34. The number of H-pyrrole nitrogens is 1. The van der Waals surface area contributed by atoms with Gasteiger partial charge in [-0.3, -0.25) is 9.89 Å². The summed E-state index contributed by atoms with van der Waals surface area (Å²) >= 11 is 0. The molecule has 0 saturated heterocycles. The quantitative estimate of drug-likeness (QED) is 0.648. The fraction of sp³-hybridized carbons (Fsp3) is 0.421. The van der Waals surface area contributed by atoms with Crippen molar-refractivity contribution in [2.24, 2.45) is 0 Å². The highest BCUT2D eigenvalue weighted by Gasteiger charge is 2.23. The number of carbonyl (C=O) groups excluding carboxylic acids is 1. The first kappa shape index (κ1) is 17.4. The monoisotopic (exact) mass is 365 g/mol. The summed E-state index contributed by atoms with van der Waals surface area (Å²) in [5, 5.41) is 21.9. The van der Waals surface area contributed by atoms with Crippen molar-refractivity contribution >= 4 is 5.91 Å². The van der Waals surface area contributed by atoms with Crippen LogP contribution in [0, 0.1) is 0 Å². The SMILES string of the molecule is O=C(NCc1n[nH]c2c1CCCCC2)[C@H](Cc1ccccc1)n1cnnn1. The molecule has 0 spiro atoms. The van der Waals surface area contributed by atoms with E-state index in [1.165, 1.54) is 41.5 Å². The van der Waals surface area contributed by atoms with Crippen LogP contribution in [0.15, 0.2) is 36.7 Å². The van der Waals surface area contributed by atoms with Crippen LogP contribution in [-0.2, 0) is 30.6 Å². The second kappa shape index (κ2) is 8.11. The number of fused-ring (bicyclic) bond motifs is 1. The lowest BCUT2D eigenvalue weighted by molar-refractivity contribution is -0.124. The molecule has 8 nitrogen and oxygen atoms in total. The maximum absolute atomic E-state index is 12.9. The molecule has 1 aromatic carbocycles. The highest BCUT2D eigenvalue weighted by atomic mass is 16.2. The van der Waals surface area contributed by atoms with Crippen LogP contribution in [0.4, 0.5) is 0 Å². The average molecular weight is 365 g/mol. The molecule has 1 aliphatic rings. The fourth-order valence-electron chi connectivity index (χ4n) is 3.62. The number of hydrogen-bond donors (Lipinski definition) is 2. The lowest BCUT2D eigenvalue weighted by Gasteiger charge is -2.16. The summed E-state index contributed by atoms with van der Waals surface area (Å²) in [4.78, 5) is 12.9. The van der Waals surface area contributed by atoms with Crippen molar-refractivity contribution in [1.82, 2.24) is 35.7 Å². The van der Waals surface area contributed by atoms with Gasteiger partial charge in [0.1, 0.15) is 12.4 Å². The van der Waals surface area contributed by atoms with Crippen LogP contribution in [0.2, 0.25) is 0 Å². The highest BCUT2D eigenvalue weighted by molar-refractivity contribution is 5.80. The third kappa shape index (κ3) is 4.05. The Kier molecular flexibility index (Phi) is 5.22. The number of aromatic nitrogens is 6. The van der Waals surface area contributed by atoms with Crippen molar-refractivity contribution in [2.45, 2.75) is 51.1 Å². The Hall–Kier alpha value is -3.03. The van der Waals surface area contributed by atoms with Crippen LogP contribution < -0.4 is 5.32 Å². The van der Waals surface area contributed by atoms with Crippen molar-refractivity contribution in [3.8, 4) is 0 Å². The van der Waals surface area contributed by atoms with E-state index >= 15 is 0 Å². The van der Waals surface area contributed by atoms with E-state index in [2.05, 4.69) is 31.0 Å². The average Bonchev–Trinajstić information content (AvgIpc) is 3.30. The van der Waals surface area contributed by atoms with Gasteiger partial charge in [-0.05, 0) is 47.2 Å². The summed E-state index contributed by atoms with van der Waals surface area (Å²) in [7, 11) is 0. The normalized spacial score (nSPS) is 15.0. The summed E-state index contributed by atoms with van der Waals surface area (Å²) in [6, 6.07) is 9.38. The Morgan fingerprint density at radius 1 is 1.19 bits per heavy atom. The van der Waals surface area contributed by atoms with Crippen molar-refractivity contribution in [2.75, 3.05) is 0 Å². The fourth-order valence-corrected chi connectivity index (χ4v) is 3.62. The molecular weight excluding hydrogens is 342 g/mol. The van der Waals surface area contributed by atoms with Crippen LogP contribution in [0.1, 0.15) is 47.8 Å². The van der Waals surface area contributed by atoms with Gasteiger partial charge in [0.2, 0.25) is 5.91 Å². The number of hydrogen-bond acceptors (Lipinski definition) is 5. The third-order valence-electron chi connectivity index (χ3n) is 5.08. The van der Waals surface area contributed by atoms with Gasteiger partial charge in [0.15, 0.2) is 0 Å². The van der Waals surface area contributed by atoms with E-state index in [0.717, 1.165) is 24.1 Å². The molecule has 0 unspecified atom stereocenters. The molecule has 0 saturated carbocycles. The van der Waals surface area contributed by atoms with Crippen LogP contribution in [-0.4, -0.2) is 36.3 Å². The topological polar surface area (TPSA) is 101 Å². The number of tetrazole rings is 1. The Morgan fingerprint density at radius 2 is 2.04 bits per heavy atom. The number of carbonyl (C=O) groups is 1. The molecular formula is C19H23N7O. The van der Waals surface area contributed by atoms with E-state index in [-0.39, 0.29) is 5.91 Å². The number of nitrogens with one attached hydrogen (secondary N) is 2. The molecule has 1 atom stereocenters. The first-order valence-electron chi connectivity index (χ1n) is 9.40. The second-order valence-corrected chi connectivity index (χ2v) is 6.90. The molecule has 1 amide bonds. The maximum atomic E-state index is 12.9. The van der Waals surface area contributed by atoms with Crippen molar-refractivity contribution in [1.29, 1.82) is 0 Å². The minimum atomic E-state index is -0.500. The number of aryl methyl sites for hydroxylation is 1. The molecule has 1 aliphatic carbocycles. The number of nitrogens with zero attached hydrogens (tertiary/aromatic N) is 5. The number of aromatic amines is 1. The molecule has 2 N–H and O–H groups in total. The standard InChI is InChI=1S/C19H23N7O/c27-19(20-12-17-15-9-5-2-6-10-16(15)22-23-17)18(26-13-21-24-25-26)11-14-7-3-1-4-8-14/h1,3-4,7-8,13,18H,2,5-6,9-12H2,(H,20,27)(H,22,23)/t18-/m0/s1. The molecule has 8 heteroatoms. The molecule has 4 rings (SSSR count). The predicted molar refractivity (Wildman–Crippen MR) is 98.7 cm³/mol. The Balaban J connectivity index is 1.47. The highest BCUT2D eigenvalue weighted by Crippen LogP contribution is 2.22. The number of benzene rings is 1. The zero-order valence-electron chi connectivity index (χ0n) is 15.1. The molecule has 27 heavy (non-hydrogen) atoms. The Morgan fingerprint density at radius 3 is 2.85 bits per heavy atom. The summed E-state index contributed by atoms with van der Waals surface area (Å²) < 4.78 is 1.51. The third-order valence-corrected chi connectivity index (χ3v) is 5.08. The summed E-state index contributed by atoms with van der Waals surface area (Å²) in [5.41, 5.74) is 4.49. The number of amides is 1. The van der Waals surface area contributed by atoms with E-state index in [1.807, 2.05) is 30.3 Å². The predicted octanol–water partition coefficient (Wildman–Crippen LogP) is 1.77. The molecule has 0 radical (unpaired) electrons. The van der Waals surface area contributed by atoms with Crippen LogP contribution in [0.5, 0.6) is 0 Å². The smallest absolute Gasteiger partial charge is 0.245 e.